The van der Waals surface area contributed by atoms with Crippen LogP contribution in [-0.2, 0) is 17.6 Å². The maximum atomic E-state index is 12.9. The largest absolute Gasteiger partial charge is 0.383 e. The molecule has 0 atom stereocenters. The molecule has 1 fully saturated rings. The van der Waals surface area contributed by atoms with Crippen molar-refractivity contribution in [3.05, 3.63) is 21.4 Å². The lowest BCUT2D eigenvalue weighted by Crippen LogP contribution is -2.36. The van der Waals surface area contributed by atoms with Gasteiger partial charge in [0.05, 0.1) is 12.2 Å². The van der Waals surface area contributed by atoms with Crippen molar-refractivity contribution < 1.29 is 9.53 Å². The first-order chi connectivity index (χ1) is 10.8. The second-order valence-electron chi connectivity index (χ2n) is 6.24. The van der Waals surface area contributed by atoms with Crippen LogP contribution in [0.5, 0.6) is 0 Å². The molecule has 0 bridgehead atoms. The van der Waals surface area contributed by atoms with E-state index >= 15 is 0 Å². The summed E-state index contributed by atoms with van der Waals surface area (Å²) in [5.41, 5.74) is 2.34. The first-order valence-corrected chi connectivity index (χ1v) is 9.27. The van der Waals surface area contributed by atoms with Crippen molar-refractivity contribution in [1.29, 1.82) is 0 Å². The number of fused-ring (bicyclic) bond motifs is 1. The molecule has 1 aromatic heterocycles. The molecule has 0 N–H and O–H groups in total. The van der Waals surface area contributed by atoms with E-state index in [1.165, 1.54) is 23.3 Å². The van der Waals surface area contributed by atoms with Gasteiger partial charge in [0.25, 0.3) is 5.91 Å². The maximum Gasteiger partial charge on any atom is 0.255 e. The van der Waals surface area contributed by atoms with Crippen molar-refractivity contribution in [2.75, 3.05) is 46.4 Å². The number of methoxy groups -OCH3 is 1. The molecule has 1 saturated heterocycles. The quantitative estimate of drug-likeness (QED) is 0.853. The van der Waals surface area contributed by atoms with Crippen LogP contribution < -0.4 is 0 Å². The van der Waals surface area contributed by atoms with Crippen LogP contribution in [0.3, 0.4) is 0 Å². The maximum absolute atomic E-state index is 12.9. The molecule has 1 aromatic rings. The predicted molar refractivity (Wildman–Crippen MR) is 89.8 cm³/mol. The summed E-state index contributed by atoms with van der Waals surface area (Å²) in [6, 6.07) is 0. The van der Waals surface area contributed by atoms with Crippen LogP contribution in [-0.4, -0.2) is 62.1 Å². The summed E-state index contributed by atoms with van der Waals surface area (Å²) < 4.78 is 5.16. The van der Waals surface area contributed by atoms with E-state index in [1.54, 1.807) is 18.4 Å². The van der Waals surface area contributed by atoms with Gasteiger partial charge in [-0.2, -0.15) is 0 Å². The SMILES string of the molecule is COCCN1CCCN(C(=O)c2csc3c2CCCC3)CC1. The highest BCUT2D eigenvalue weighted by Crippen LogP contribution is 2.31. The molecule has 1 aliphatic carbocycles. The number of ether oxygens (including phenoxy) is 1. The summed E-state index contributed by atoms with van der Waals surface area (Å²) in [6.07, 6.45) is 5.82. The molecule has 0 saturated carbocycles. The van der Waals surface area contributed by atoms with Gasteiger partial charge in [0.15, 0.2) is 0 Å². The van der Waals surface area contributed by atoms with Gasteiger partial charge in [0.1, 0.15) is 0 Å². The average Bonchev–Trinajstić information content (AvgIpc) is 2.83. The van der Waals surface area contributed by atoms with Gasteiger partial charge in [-0.15, -0.1) is 11.3 Å². The third-order valence-electron chi connectivity index (χ3n) is 4.78. The lowest BCUT2D eigenvalue weighted by molar-refractivity contribution is 0.0758. The number of rotatable bonds is 4. The second-order valence-corrected chi connectivity index (χ2v) is 7.20. The van der Waals surface area contributed by atoms with Crippen molar-refractivity contribution in [2.45, 2.75) is 32.1 Å². The molecule has 3 rings (SSSR count). The number of thiophene rings is 1. The smallest absolute Gasteiger partial charge is 0.255 e. The zero-order valence-electron chi connectivity index (χ0n) is 13.5. The number of amides is 1. The van der Waals surface area contributed by atoms with E-state index in [4.69, 9.17) is 4.74 Å². The Kier molecular flexibility index (Phi) is 5.50. The molecule has 22 heavy (non-hydrogen) atoms. The van der Waals surface area contributed by atoms with Crippen LogP contribution in [0.4, 0.5) is 0 Å². The summed E-state index contributed by atoms with van der Waals surface area (Å²) in [4.78, 5) is 18.8. The molecule has 0 radical (unpaired) electrons. The number of nitrogens with zero attached hydrogens (tertiary/aromatic N) is 2. The number of carbonyl (C=O) groups excluding carboxylic acids is 1. The molecule has 5 heteroatoms. The summed E-state index contributed by atoms with van der Waals surface area (Å²) in [5.74, 6) is 0.257. The Labute approximate surface area is 137 Å². The van der Waals surface area contributed by atoms with Crippen LogP contribution in [0.15, 0.2) is 5.38 Å². The highest BCUT2D eigenvalue weighted by atomic mass is 32.1. The summed E-state index contributed by atoms with van der Waals surface area (Å²) in [6.45, 7) is 5.48. The minimum Gasteiger partial charge on any atom is -0.383 e. The van der Waals surface area contributed by atoms with Crippen molar-refractivity contribution >= 4 is 17.2 Å². The van der Waals surface area contributed by atoms with E-state index in [9.17, 15) is 4.79 Å². The molecule has 1 aliphatic heterocycles. The van der Waals surface area contributed by atoms with E-state index in [2.05, 4.69) is 15.2 Å². The van der Waals surface area contributed by atoms with Crippen LogP contribution in [0.2, 0.25) is 0 Å². The van der Waals surface area contributed by atoms with E-state index in [0.29, 0.717) is 0 Å². The Hall–Kier alpha value is -0.910. The van der Waals surface area contributed by atoms with E-state index in [0.717, 1.165) is 64.2 Å². The summed E-state index contributed by atoms with van der Waals surface area (Å²) in [5, 5.41) is 2.10. The average molecular weight is 322 g/mol. The standard InChI is InChI=1S/C17H26N2O2S/c1-21-12-11-18-7-4-8-19(10-9-18)17(20)15-13-22-16-6-3-2-5-14(15)16/h13H,2-12H2,1H3. The van der Waals surface area contributed by atoms with Gasteiger partial charge in [-0.1, -0.05) is 0 Å². The van der Waals surface area contributed by atoms with Crippen molar-refractivity contribution in [3.8, 4) is 0 Å². The fourth-order valence-electron chi connectivity index (χ4n) is 3.46. The monoisotopic (exact) mass is 322 g/mol. The van der Waals surface area contributed by atoms with Crippen molar-refractivity contribution in [1.82, 2.24) is 9.80 Å². The Bertz CT molecular complexity index is 515. The van der Waals surface area contributed by atoms with Gasteiger partial charge in [-0.3, -0.25) is 9.69 Å². The number of carbonyl (C=O) groups is 1. The Balaban J connectivity index is 1.64. The van der Waals surface area contributed by atoms with Crippen molar-refractivity contribution in [3.63, 3.8) is 0 Å². The highest BCUT2D eigenvalue weighted by Gasteiger charge is 2.25. The van der Waals surface area contributed by atoms with Gasteiger partial charge in [0.2, 0.25) is 0 Å². The summed E-state index contributed by atoms with van der Waals surface area (Å²) >= 11 is 1.79. The number of aryl methyl sites for hydroxylation is 1. The third kappa shape index (κ3) is 3.53. The van der Waals surface area contributed by atoms with Crippen LogP contribution in [0.25, 0.3) is 0 Å². The van der Waals surface area contributed by atoms with Gasteiger partial charge in [-0.25, -0.2) is 0 Å². The highest BCUT2D eigenvalue weighted by molar-refractivity contribution is 7.10. The molecular weight excluding hydrogens is 296 g/mol. The normalized spacial score (nSPS) is 19.8. The van der Waals surface area contributed by atoms with Crippen LogP contribution in [0.1, 0.15) is 40.1 Å². The first kappa shape index (κ1) is 16.0. The fourth-order valence-corrected chi connectivity index (χ4v) is 4.58. The van der Waals surface area contributed by atoms with Crippen molar-refractivity contribution in [2.24, 2.45) is 0 Å². The Morgan fingerprint density at radius 1 is 1.18 bits per heavy atom. The van der Waals surface area contributed by atoms with Gasteiger partial charge in [-0.05, 0) is 44.2 Å². The zero-order valence-corrected chi connectivity index (χ0v) is 14.3. The minimum absolute atomic E-state index is 0.257. The summed E-state index contributed by atoms with van der Waals surface area (Å²) in [7, 11) is 1.74. The predicted octanol–water partition coefficient (Wildman–Crippen LogP) is 2.42. The van der Waals surface area contributed by atoms with Crippen LogP contribution in [0, 0.1) is 0 Å². The molecule has 0 spiro atoms. The lowest BCUT2D eigenvalue weighted by atomic mass is 9.95. The number of hydrogen-bond acceptors (Lipinski definition) is 4. The second kappa shape index (κ2) is 7.57. The Morgan fingerprint density at radius 2 is 2.05 bits per heavy atom. The topological polar surface area (TPSA) is 32.8 Å². The van der Waals surface area contributed by atoms with Gasteiger partial charge < -0.3 is 9.64 Å². The van der Waals surface area contributed by atoms with E-state index < -0.39 is 0 Å². The lowest BCUT2D eigenvalue weighted by Gasteiger charge is -2.22. The fraction of sp³-hybridized carbons (Fsp3) is 0.706. The van der Waals surface area contributed by atoms with E-state index in [1.807, 2.05) is 0 Å². The van der Waals surface area contributed by atoms with Crippen LogP contribution >= 0.6 is 11.3 Å². The molecular formula is C17H26N2O2S. The Morgan fingerprint density at radius 3 is 2.91 bits per heavy atom. The van der Waals surface area contributed by atoms with Gasteiger partial charge in [0, 0.05) is 43.5 Å². The minimum atomic E-state index is 0.257. The zero-order chi connectivity index (χ0) is 15.4. The van der Waals surface area contributed by atoms with Gasteiger partial charge >= 0.3 is 0 Å². The molecule has 2 heterocycles. The molecule has 122 valence electrons. The van der Waals surface area contributed by atoms with E-state index in [-0.39, 0.29) is 5.91 Å². The number of hydrogen-bond donors (Lipinski definition) is 0. The molecule has 0 aromatic carbocycles. The third-order valence-corrected chi connectivity index (χ3v) is 5.87. The molecule has 2 aliphatic rings. The molecule has 4 nitrogen and oxygen atoms in total. The molecule has 1 amide bonds. The first-order valence-electron chi connectivity index (χ1n) is 8.39. The molecule has 0 unspecified atom stereocenters.